The van der Waals surface area contributed by atoms with Crippen LogP contribution in [-0.2, 0) is 0 Å². The Morgan fingerprint density at radius 3 is 0.286 bits per heavy atom. The predicted octanol–water partition coefficient (Wildman–Crippen LogP) is -14.0. The average Bonchev–Trinajstić information content (AvgIpc) is 0. The molecule has 14 heteroatoms. The van der Waals surface area contributed by atoms with E-state index in [2.05, 4.69) is 0 Å². The summed E-state index contributed by atoms with van der Waals surface area (Å²) in [6, 6.07) is 0. The van der Waals surface area contributed by atoms with Gasteiger partial charge in [0.25, 0.3) is 0 Å². The molecular formula is H28AlKO12. The van der Waals surface area contributed by atoms with Gasteiger partial charge < -0.3 is 67.1 Å². The Kier molecular flexibility index (Phi) is 81800. The van der Waals surface area contributed by atoms with Crippen LogP contribution in [0.25, 0.3) is 0 Å². The fourth-order valence-electron chi connectivity index (χ4n) is 0. The van der Waals surface area contributed by atoms with Crippen molar-refractivity contribution in [3.63, 3.8) is 0 Å². The summed E-state index contributed by atoms with van der Waals surface area (Å²) in [5.41, 5.74) is 0. The van der Waals surface area contributed by atoms with Gasteiger partial charge in [-0.25, -0.2) is 0 Å². The summed E-state index contributed by atoms with van der Waals surface area (Å²) in [4.78, 5) is 0. The number of hydrogen-bond acceptors (Lipinski definition) is 0. The first-order valence-electron chi connectivity index (χ1n) is 0. The smallest absolute Gasteiger partial charge is 1.00 e. The van der Waals surface area contributed by atoms with Crippen LogP contribution >= 0.6 is 0 Å². The minimum absolute atomic E-state index is 0. The predicted molar refractivity (Wildman–Crippen MR) is 54.4 cm³/mol. The van der Waals surface area contributed by atoms with Crippen molar-refractivity contribution in [3.05, 3.63) is 0 Å². The average molecular weight is 286 g/mol. The molecule has 12 nitrogen and oxygen atoms in total. The maximum atomic E-state index is 0. The summed E-state index contributed by atoms with van der Waals surface area (Å²) in [5, 5.41) is 0. The molecule has 0 aliphatic carbocycles. The molecule has 0 bridgehead atoms. The van der Waals surface area contributed by atoms with E-state index in [1.165, 1.54) is 0 Å². The maximum absolute atomic E-state index is 0. The van der Waals surface area contributed by atoms with Crippen LogP contribution in [0.4, 0.5) is 0 Å². The van der Waals surface area contributed by atoms with E-state index in [0.717, 1.165) is 0 Å². The van der Waals surface area contributed by atoms with Gasteiger partial charge in [0.1, 0.15) is 0 Å². The molecule has 0 saturated heterocycles. The molecule has 0 aliphatic heterocycles. The Morgan fingerprint density at radius 1 is 0.286 bits per heavy atom. The van der Waals surface area contributed by atoms with Gasteiger partial charge in [-0.2, -0.15) is 0 Å². The largest absolute Gasteiger partial charge is 1.00 e. The van der Waals surface area contributed by atoms with E-state index in [4.69, 9.17) is 0 Å². The topological polar surface area (TPSA) is 378 Å². The van der Waals surface area contributed by atoms with E-state index < -0.39 is 0 Å². The summed E-state index contributed by atoms with van der Waals surface area (Å²) >= 11 is 0. The van der Waals surface area contributed by atoms with Gasteiger partial charge in [0, 0.05) is 0 Å². The summed E-state index contributed by atoms with van der Waals surface area (Å²) in [6.07, 6.45) is 0. The quantitative estimate of drug-likeness (QED) is 0.374. The van der Waals surface area contributed by atoms with E-state index in [9.17, 15) is 0 Å². The van der Waals surface area contributed by atoms with Crippen molar-refractivity contribution in [1.82, 2.24) is 0 Å². The number of hydrogen-bond donors (Lipinski definition) is 0. The van der Waals surface area contributed by atoms with Gasteiger partial charge in [-0.15, -0.1) is 0 Å². The summed E-state index contributed by atoms with van der Waals surface area (Å²) < 4.78 is 0. The zero-order valence-corrected chi connectivity index (χ0v) is 10.1. The van der Waals surface area contributed by atoms with Gasteiger partial charge in [0.2, 0.25) is 0 Å². The van der Waals surface area contributed by atoms with Crippen LogP contribution in [0.5, 0.6) is 0 Å². The van der Waals surface area contributed by atoms with Crippen LogP contribution in [0.1, 0.15) is 1.43 Å². The SMILES string of the molecule is O.O.O.O.O.O.O.O.O.O.O.O.[AlH3].[H-].[K+]. The second kappa shape index (κ2) is 965. The van der Waals surface area contributed by atoms with E-state index in [-0.39, 0.29) is 136 Å². The molecule has 0 saturated carbocycles. The fourth-order valence-corrected chi connectivity index (χ4v) is 0. The first-order chi connectivity index (χ1) is 0. The molecule has 0 aromatic heterocycles. The van der Waals surface area contributed by atoms with Crippen molar-refractivity contribution < 1.29 is 119 Å². The molecular weight excluding hydrogens is 258 g/mol. The van der Waals surface area contributed by atoms with Gasteiger partial charge in [0.15, 0.2) is 17.4 Å². The van der Waals surface area contributed by atoms with E-state index in [1.54, 1.807) is 0 Å². The molecule has 0 fully saturated rings. The van der Waals surface area contributed by atoms with Gasteiger partial charge in [-0.1, -0.05) is 0 Å². The standard InChI is InChI=1S/Al.K.12H2O.4H/h;;12*1H2;;;;/q;+1;;;;;;;;;;;;;;;;-1. The molecule has 0 amide bonds. The van der Waals surface area contributed by atoms with Gasteiger partial charge >= 0.3 is 51.4 Å². The molecule has 0 radical (unpaired) electrons. The second-order valence-electron chi connectivity index (χ2n) is 0. The van der Waals surface area contributed by atoms with Crippen molar-refractivity contribution in [1.29, 1.82) is 0 Å². The van der Waals surface area contributed by atoms with Crippen LogP contribution in [0, 0.1) is 0 Å². The second-order valence-corrected chi connectivity index (χ2v) is 0. The first kappa shape index (κ1) is 1190. The third kappa shape index (κ3) is 773. The van der Waals surface area contributed by atoms with Crippen molar-refractivity contribution in [2.45, 2.75) is 0 Å². The van der Waals surface area contributed by atoms with Crippen LogP contribution in [0.3, 0.4) is 0 Å². The van der Waals surface area contributed by atoms with Crippen molar-refractivity contribution in [2.24, 2.45) is 0 Å². The molecule has 0 atom stereocenters. The summed E-state index contributed by atoms with van der Waals surface area (Å²) in [6.45, 7) is 0. The molecule has 0 unspecified atom stereocenters. The molecule has 0 aliphatic rings. The fraction of sp³-hybridized carbons (Fsp3) is 0. The van der Waals surface area contributed by atoms with E-state index in [1.807, 2.05) is 0 Å². The zero-order chi connectivity index (χ0) is 0. The molecule has 104 valence electrons. The van der Waals surface area contributed by atoms with Crippen molar-refractivity contribution >= 4 is 17.4 Å². The minimum Gasteiger partial charge on any atom is -1.00 e. The molecule has 0 spiro atoms. The molecule has 0 aromatic rings. The Labute approximate surface area is 134 Å². The molecule has 0 heterocycles. The maximum Gasteiger partial charge on any atom is 1.00 e. The molecule has 0 aromatic carbocycles. The monoisotopic (exact) mass is 286 g/mol. The zero-order valence-electron chi connectivity index (χ0n) is 8.00. The Morgan fingerprint density at radius 2 is 0.286 bits per heavy atom. The van der Waals surface area contributed by atoms with Crippen LogP contribution in [-0.4, -0.2) is 83.1 Å². The van der Waals surface area contributed by atoms with E-state index >= 15 is 0 Å². The normalized spacial score (nSPS) is 0. The van der Waals surface area contributed by atoms with Crippen LogP contribution in [0.2, 0.25) is 0 Å². The van der Waals surface area contributed by atoms with Crippen LogP contribution in [0.15, 0.2) is 0 Å². The minimum atomic E-state index is 0. The van der Waals surface area contributed by atoms with Crippen molar-refractivity contribution in [2.75, 3.05) is 0 Å². The third-order valence-electron chi connectivity index (χ3n) is 0. The molecule has 14 heavy (non-hydrogen) atoms. The van der Waals surface area contributed by atoms with E-state index in [0.29, 0.717) is 0 Å². The third-order valence-corrected chi connectivity index (χ3v) is 0. The Hall–Kier alpha value is 1.69. The molecule has 24 N–H and O–H groups in total. The first-order valence-corrected chi connectivity index (χ1v) is 0. The van der Waals surface area contributed by atoms with Gasteiger partial charge in [-0.05, 0) is 0 Å². The summed E-state index contributed by atoms with van der Waals surface area (Å²) in [5.74, 6) is 0. The Bertz CT molecular complexity index is 15.6. The van der Waals surface area contributed by atoms with Gasteiger partial charge in [-0.3, -0.25) is 0 Å². The van der Waals surface area contributed by atoms with Gasteiger partial charge in [0.05, 0.1) is 0 Å². The molecule has 0 rings (SSSR count). The Balaban J connectivity index is 0. The van der Waals surface area contributed by atoms with Crippen LogP contribution < -0.4 is 51.4 Å². The van der Waals surface area contributed by atoms with Crippen molar-refractivity contribution in [3.8, 4) is 0 Å². The summed E-state index contributed by atoms with van der Waals surface area (Å²) in [7, 11) is 0. The number of rotatable bonds is 0.